The molecule has 0 aliphatic heterocycles. The first kappa shape index (κ1) is 13.3. The highest BCUT2D eigenvalue weighted by molar-refractivity contribution is 5.21. The number of nitrogens with zero attached hydrogens (tertiary/aromatic N) is 1. The molecule has 0 spiro atoms. The third kappa shape index (κ3) is 3.23. The summed E-state index contributed by atoms with van der Waals surface area (Å²) in [5.41, 5.74) is 1.40. The van der Waals surface area contributed by atoms with E-state index in [-0.39, 0.29) is 0 Å². The SMILES string of the molecule is CNC(c1ccn(CCOc2ccccc2)c1)C1CC1. The summed E-state index contributed by atoms with van der Waals surface area (Å²) >= 11 is 0. The molecule has 1 fully saturated rings. The van der Waals surface area contributed by atoms with Gasteiger partial charge in [0.1, 0.15) is 12.4 Å². The summed E-state index contributed by atoms with van der Waals surface area (Å²) in [4.78, 5) is 0. The van der Waals surface area contributed by atoms with Gasteiger partial charge in [0.05, 0.1) is 6.54 Å². The topological polar surface area (TPSA) is 26.2 Å². The van der Waals surface area contributed by atoms with Gasteiger partial charge < -0.3 is 14.6 Å². The van der Waals surface area contributed by atoms with Gasteiger partial charge in [-0.25, -0.2) is 0 Å². The van der Waals surface area contributed by atoms with Crippen LogP contribution in [0, 0.1) is 5.92 Å². The van der Waals surface area contributed by atoms with Crippen molar-refractivity contribution in [2.24, 2.45) is 5.92 Å². The van der Waals surface area contributed by atoms with Crippen LogP contribution < -0.4 is 10.1 Å². The molecular formula is C17H22N2O. The number of nitrogens with one attached hydrogen (secondary N) is 1. The number of aromatic nitrogens is 1. The van der Waals surface area contributed by atoms with Gasteiger partial charge >= 0.3 is 0 Å². The zero-order valence-electron chi connectivity index (χ0n) is 12.0. The Labute approximate surface area is 120 Å². The van der Waals surface area contributed by atoms with E-state index in [4.69, 9.17) is 4.74 Å². The second-order valence-electron chi connectivity index (χ2n) is 5.45. The monoisotopic (exact) mass is 270 g/mol. The molecule has 106 valence electrons. The molecule has 1 saturated carbocycles. The zero-order chi connectivity index (χ0) is 13.8. The summed E-state index contributed by atoms with van der Waals surface area (Å²) in [6, 6.07) is 12.7. The van der Waals surface area contributed by atoms with Crippen molar-refractivity contribution in [2.75, 3.05) is 13.7 Å². The van der Waals surface area contributed by atoms with Gasteiger partial charge in [0.2, 0.25) is 0 Å². The lowest BCUT2D eigenvalue weighted by atomic mass is 10.1. The Kier molecular flexibility index (Phi) is 4.07. The molecule has 0 radical (unpaired) electrons. The summed E-state index contributed by atoms with van der Waals surface area (Å²) < 4.78 is 7.94. The molecule has 2 aromatic rings. The van der Waals surface area contributed by atoms with Crippen molar-refractivity contribution in [2.45, 2.75) is 25.4 Å². The van der Waals surface area contributed by atoms with Gasteiger partial charge in [0.15, 0.2) is 0 Å². The smallest absolute Gasteiger partial charge is 0.119 e. The molecule has 1 N–H and O–H groups in total. The molecule has 1 unspecified atom stereocenters. The first-order valence-corrected chi connectivity index (χ1v) is 7.37. The van der Waals surface area contributed by atoms with Gasteiger partial charge in [-0.2, -0.15) is 0 Å². The molecule has 0 amide bonds. The number of para-hydroxylation sites is 1. The highest BCUT2D eigenvalue weighted by Crippen LogP contribution is 2.40. The molecule has 1 aliphatic carbocycles. The largest absolute Gasteiger partial charge is 0.492 e. The maximum absolute atomic E-state index is 5.73. The minimum absolute atomic E-state index is 0.520. The van der Waals surface area contributed by atoms with Crippen LogP contribution in [0.25, 0.3) is 0 Å². The molecule has 1 heterocycles. The number of ether oxygens (including phenoxy) is 1. The Hall–Kier alpha value is -1.74. The maximum Gasteiger partial charge on any atom is 0.119 e. The van der Waals surface area contributed by atoms with Crippen LogP contribution in [0.15, 0.2) is 48.8 Å². The minimum Gasteiger partial charge on any atom is -0.492 e. The van der Waals surface area contributed by atoms with Crippen molar-refractivity contribution in [3.05, 3.63) is 54.4 Å². The van der Waals surface area contributed by atoms with Gasteiger partial charge in [-0.3, -0.25) is 0 Å². The van der Waals surface area contributed by atoms with E-state index < -0.39 is 0 Å². The standard InChI is InChI=1S/C17H22N2O/c1-18-17(14-7-8-14)15-9-10-19(13-15)11-12-20-16-5-3-2-4-6-16/h2-6,9-10,13-14,17-18H,7-8,11-12H2,1H3. The second-order valence-corrected chi connectivity index (χ2v) is 5.45. The van der Waals surface area contributed by atoms with Crippen molar-refractivity contribution in [3.63, 3.8) is 0 Å². The van der Waals surface area contributed by atoms with Crippen molar-refractivity contribution in [1.82, 2.24) is 9.88 Å². The summed E-state index contributed by atoms with van der Waals surface area (Å²) in [5, 5.41) is 3.43. The number of hydrogen-bond acceptors (Lipinski definition) is 2. The average Bonchev–Trinajstić information content (AvgIpc) is 3.21. The van der Waals surface area contributed by atoms with Crippen LogP contribution in [0.3, 0.4) is 0 Å². The Balaban J connectivity index is 1.52. The summed E-state index contributed by atoms with van der Waals surface area (Å²) in [6.45, 7) is 1.59. The van der Waals surface area contributed by atoms with Crippen molar-refractivity contribution in [3.8, 4) is 5.75 Å². The number of hydrogen-bond donors (Lipinski definition) is 1. The fourth-order valence-electron chi connectivity index (χ4n) is 2.67. The van der Waals surface area contributed by atoms with E-state index in [1.807, 2.05) is 30.3 Å². The molecule has 1 aliphatic rings. The van der Waals surface area contributed by atoms with E-state index in [1.165, 1.54) is 18.4 Å². The molecule has 1 atom stereocenters. The van der Waals surface area contributed by atoms with E-state index in [1.54, 1.807) is 0 Å². The lowest BCUT2D eigenvalue weighted by Crippen LogP contribution is -2.17. The summed E-state index contributed by atoms with van der Waals surface area (Å²) in [5.74, 6) is 1.77. The van der Waals surface area contributed by atoms with E-state index in [9.17, 15) is 0 Å². The normalized spacial score (nSPS) is 16.1. The molecule has 20 heavy (non-hydrogen) atoms. The quantitative estimate of drug-likeness (QED) is 0.836. The van der Waals surface area contributed by atoms with Crippen LogP contribution >= 0.6 is 0 Å². The minimum atomic E-state index is 0.520. The molecule has 1 aromatic carbocycles. The second kappa shape index (κ2) is 6.14. The van der Waals surface area contributed by atoms with E-state index in [2.05, 4.69) is 35.4 Å². The van der Waals surface area contributed by atoms with Gasteiger partial charge in [-0.05, 0) is 49.6 Å². The molecule has 0 saturated heterocycles. The lowest BCUT2D eigenvalue weighted by molar-refractivity contribution is 0.298. The number of rotatable bonds is 7. The Bertz CT molecular complexity index is 531. The third-order valence-electron chi connectivity index (χ3n) is 3.90. The first-order valence-electron chi connectivity index (χ1n) is 7.37. The zero-order valence-corrected chi connectivity index (χ0v) is 12.0. The Morgan fingerprint density at radius 2 is 2.05 bits per heavy atom. The maximum atomic E-state index is 5.73. The summed E-state index contributed by atoms with van der Waals surface area (Å²) in [6.07, 6.45) is 7.10. The first-order chi connectivity index (χ1) is 9.86. The third-order valence-corrected chi connectivity index (χ3v) is 3.90. The van der Waals surface area contributed by atoms with E-state index in [0.29, 0.717) is 12.6 Å². The van der Waals surface area contributed by atoms with Gasteiger partial charge in [-0.15, -0.1) is 0 Å². The lowest BCUT2D eigenvalue weighted by Gasteiger charge is -2.13. The van der Waals surface area contributed by atoms with E-state index in [0.717, 1.165) is 18.2 Å². The molecular weight excluding hydrogens is 248 g/mol. The van der Waals surface area contributed by atoms with Gasteiger partial charge in [0.25, 0.3) is 0 Å². The van der Waals surface area contributed by atoms with Crippen molar-refractivity contribution in [1.29, 1.82) is 0 Å². The predicted octanol–water partition coefficient (Wildman–Crippen LogP) is 3.24. The van der Waals surface area contributed by atoms with Crippen LogP contribution in [0.1, 0.15) is 24.4 Å². The van der Waals surface area contributed by atoms with Crippen LogP contribution in [-0.2, 0) is 6.54 Å². The van der Waals surface area contributed by atoms with Crippen molar-refractivity contribution < 1.29 is 4.74 Å². The molecule has 0 bridgehead atoms. The summed E-state index contributed by atoms with van der Waals surface area (Å²) in [7, 11) is 2.05. The molecule has 3 heteroatoms. The van der Waals surface area contributed by atoms with Crippen LogP contribution in [0.4, 0.5) is 0 Å². The fourth-order valence-corrected chi connectivity index (χ4v) is 2.67. The molecule has 1 aromatic heterocycles. The fraction of sp³-hybridized carbons (Fsp3) is 0.412. The van der Waals surface area contributed by atoms with Crippen molar-refractivity contribution >= 4 is 0 Å². The van der Waals surface area contributed by atoms with Crippen LogP contribution in [-0.4, -0.2) is 18.2 Å². The Morgan fingerprint density at radius 1 is 1.25 bits per heavy atom. The average molecular weight is 270 g/mol. The highest BCUT2D eigenvalue weighted by Gasteiger charge is 2.31. The van der Waals surface area contributed by atoms with Gasteiger partial charge in [-0.1, -0.05) is 18.2 Å². The molecule has 3 rings (SSSR count). The highest BCUT2D eigenvalue weighted by atomic mass is 16.5. The van der Waals surface area contributed by atoms with E-state index >= 15 is 0 Å². The van der Waals surface area contributed by atoms with Gasteiger partial charge in [0, 0.05) is 18.4 Å². The Morgan fingerprint density at radius 3 is 2.75 bits per heavy atom. The van der Waals surface area contributed by atoms with Crippen LogP contribution in [0.2, 0.25) is 0 Å². The number of benzene rings is 1. The molecule has 3 nitrogen and oxygen atoms in total. The van der Waals surface area contributed by atoms with Crippen LogP contribution in [0.5, 0.6) is 5.75 Å². The predicted molar refractivity (Wildman–Crippen MR) is 80.9 cm³/mol.